The number of aromatic nitrogens is 2. The molecule has 1 saturated heterocycles. The summed E-state index contributed by atoms with van der Waals surface area (Å²) in [5, 5.41) is 2.61. The third-order valence-corrected chi connectivity index (χ3v) is 7.68. The number of likely N-dealkylation sites (tertiary alicyclic amines) is 1. The molecule has 2 aromatic heterocycles. The Kier molecular flexibility index (Phi) is 5.19. The van der Waals surface area contributed by atoms with Gasteiger partial charge in [-0.15, -0.1) is 11.3 Å². The third-order valence-electron chi connectivity index (χ3n) is 6.79. The quantitative estimate of drug-likeness (QED) is 0.620. The topological polar surface area (TPSA) is 55.2 Å². The maximum atomic E-state index is 13.3. The fourth-order valence-electron chi connectivity index (χ4n) is 5.20. The summed E-state index contributed by atoms with van der Waals surface area (Å²) in [5.41, 5.74) is 2.97. The average Bonchev–Trinajstić information content (AvgIpc) is 3.20. The van der Waals surface area contributed by atoms with Crippen LogP contribution in [0.1, 0.15) is 44.1 Å². The number of thiophene rings is 1. The van der Waals surface area contributed by atoms with Crippen molar-refractivity contribution >= 4 is 27.5 Å². The second kappa shape index (κ2) is 7.99. The zero-order chi connectivity index (χ0) is 20.7. The number of amides is 1. The molecule has 30 heavy (non-hydrogen) atoms. The Morgan fingerprint density at radius 1 is 1.13 bits per heavy atom. The molecule has 2 aliphatic rings. The van der Waals surface area contributed by atoms with Crippen molar-refractivity contribution in [3.63, 3.8) is 0 Å². The van der Waals surface area contributed by atoms with Gasteiger partial charge in [-0.1, -0.05) is 42.7 Å². The standard InChI is InChI=1S/C24H27N3O2S/c1-16-8-10-17(11-9-16)19-14-30-23-22(19)24(29)26(15-25-23)13-21(28)27-12-4-6-18-5-2-3-7-20(18)27/h8-11,14-15,18,20H,2-7,12-13H2,1H3/t18-,20-/m1/s1. The van der Waals surface area contributed by atoms with E-state index >= 15 is 0 Å². The van der Waals surface area contributed by atoms with Crippen LogP contribution in [-0.4, -0.2) is 32.9 Å². The summed E-state index contributed by atoms with van der Waals surface area (Å²) in [6.07, 6.45) is 8.66. The molecule has 1 aromatic carbocycles. The largest absolute Gasteiger partial charge is 0.338 e. The number of carbonyl (C=O) groups excluding carboxylic acids is 1. The Balaban J connectivity index is 1.45. The summed E-state index contributed by atoms with van der Waals surface area (Å²) in [5.74, 6) is 0.695. The molecule has 1 saturated carbocycles. The first-order valence-corrected chi connectivity index (χ1v) is 11.8. The molecule has 1 aliphatic heterocycles. The van der Waals surface area contributed by atoms with E-state index in [1.165, 1.54) is 47.2 Å². The Hall–Kier alpha value is -2.47. The van der Waals surface area contributed by atoms with Crippen molar-refractivity contribution in [3.05, 3.63) is 51.9 Å². The molecule has 2 fully saturated rings. The lowest BCUT2D eigenvalue weighted by Crippen LogP contribution is -2.51. The summed E-state index contributed by atoms with van der Waals surface area (Å²) in [6.45, 7) is 2.94. The summed E-state index contributed by atoms with van der Waals surface area (Å²) >= 11 is 1.48. The summed E-state index contributed by atoms with van der Waals surface area (Å²) < 4.78 is 1.50. The van der Waals surface area contributed by atoms with Gasteiger partial charge in [-0.05, 0) is 44.1 Å². The fraction of sp³-hybridized carbons (Fsp3) is 0.458. The van der Waals surface area contributed by atoms with Crippen molar-refractivity contribution < 1.29 is 4.79 Å². The Labute approximate surface area is 180 Å². The molecule has 5 rings (SSSR count). The highest BCUT2D eigenvalue weighted by atomic mass is 32.1. The molecule has 156 valence electrons. The van der Waals surface area contributed by atoms with Gasteiger partial charge >= 0.3 is 0 Å². The lowest BCUT2D eigenvalue weighted by molar-refractivity contribution is -0.138. The van der Waals surface area contributed by atoms with E-state index in [-0.39, 0.29) is 18.0 Å². The molecule has 0 N–H and O–H groups in total. The van der Waals surface area contributed by atoms with Crippen LogP contribution < -0.4 is 5.56 Å². The summed E-state index contributed by atoms with van der Waals surface area (Å²) in [4.78, 5) is 33.8. The number of hydrogen-bond donors (Lipinski definition) is 0. The minimum Gasteiger partial charge on any atom is -0.338 e. The zero-order valence-electron chi connectivity index (χ0n) is 17.3. The van der Waals surface area contributed by atoms with Gasteiger partial charge in [0.1, 0.15) is 11.4 Å². The Morgan fingerprint density at radius 3 is 2.73 bits per heavy atom. The summed E-state index contributed by atoms with van der Waals surface area (Å²) in [7, 11) is 0. The first-order valence-electron chi connectivity index (χ1n) is 10.9. The van der Waals surface area contributed by atoms with E-state index in [4.69, 9.17) is 0 Å². The predicted molar refractivity (Wildman–Crippen MR) is 121 cm³/mol. The molecule has 0 radical (unpaired) electrons. The van der Waals surface area contributed by atoms with Crippen molar-refractivity contribution in [2.75, 3.05) is 6.54 Å². The van der Waals surface area contributed by atoms with Crippen LogP contribution in [0, 0.1) is 12.8 Å². The van der Waals surface area contributed by atoms with Crippen LogP contribution in [0.15, 0.2) is 40.8 Å². The van der Waals surface area contributed by atoms with Crippen molar-refractivity contribution in [1.29, 1.82) is 0 Å². The number of hydrogen-bond acceptors (Lipinski definition) is 4. The van der Waals surface area contributed by atoms with E-state index in [9.17, 15) is 9.59 Å². The van der Waals surface area contributed by atoms with Crippen LogP contribution in [-0.2, 0) is 11.3 Å². The lowest BCUT2D eigenvalue weighted by Gasteiger charge is -2.44. The van der Waals surface area contributed by atoms with E-state index in [0.717, 1.165) is 35.3 Å². The van der Waals surface area contributed by atoms with Gasteiger partial charge in [0.05, 0.1) is 11.7 Å². The highest BCUT2D eigenvalue weighted by molar-refractivity contribution is 7.17. The molecule has 3 heterocycles. The third kappa shape index (κ3) is 3.47. The van der Waals surface area contributed by atoms with Crippen LogP contribution in [0.25, 0.3) is 21.3 Å². The van der Waals surface area contributed by atoms with Gasteiger partial charge in [-0.3, -0.25) is 14.2 Å². The van der Waals surface area contributed by atoms with Crippen molar-refractivity contribution in [2.24, 2.45) is 5.92 Å². The second-order valence-corrected chi connectivity index (χ2v) is 9.57. The number of fused-ring (bicyclic) bond motifs is 2. The van der Waals surface area contributed by atoms with Crippen molar-refractivity contribution in [3.8, 4) is 11.1 Å². The van der Waals surface area contributed by atoms with Gasteiger partial charge in [-0.2, -0.15) is 0 Å². The van der Waals surface area contributed by atoms with Gasteiger partial charge in [-0.25, -0.2) is 4.98 Å². The molecule has 3 aromatic rings. The zero-order valence-corrected chi connectivity index (χ0v) is 18.2. The van der Waals surface area contributed by atoms with Gasteiger partial charge in [0.2, 0.25) is 5.91 Å². The summed E-state index contributed by atoms with van der Waals surface area (Å²) in [6, 6.07) is 8.53. The number of aryl methyl sites for hydroxylation is 1. The van der Waals surface area contributed by atoms with Crippen molar-refractivity contribution in [2.45, 2.75) is 58.0 Å². The van der Waals surface area contributed by atoms with Crippen LogP contribution in [0.5, 0.6) is 0 Å². The van der Waals surface area contributed by atoms with E-state index in [1.54, 1.807) is 6.33 Å². The maximum Gasteiger partial charge on any atom is 0.263 e. The molecule has 1 aliphatic carbocycles. The molecule has 6 heteroatoms. The molecular formula is C24H27N3O2S. The minimum absolute atomic E-state index is 0.0574. The monoisotopic (exact) mass is 421 g/mol. The van der Waals surface area contributed by atoms with Crippen LogP contribution in [0.4, 0.5) is 0 Å². The van der Waals surface area contributed by atoms with Gasteiger partial charge in [0, 0.05) is 23.5 Å². The first-order chi connectivity index (χ1) is 14.6. The highest BCUT2D eigenvalue weighted by Gasteiger charge is 2.35. The number of nitrogens with zero attached hydrogens (tertiary/aromatic N) is 3. The molecular weight excluding hydrogens is 394 g/mol. The van der Waals surface area contributed by atoms with Crippen molar-refractivity contribution in [1.82, 2.24) is 14.5 Å². The lowest BCUT2D eigenvalue weighted by atomic mass is 9.78. The minimum atomic E-state index is -0.123. The number of benzene rings is 1. The van der Waals surface area contributed by atoms with E-state index < -0.39 is 0 Å². The molecule has 5 nitrogen and oxygen atoms in total. The van der Waals surface area contributed by atoms with Gasteiger partial charge in [0.25, 0.3) is 5.56 Å². The number of piperidine rings is 1. The van der Waals surface area contributed by atoms with Gasteiger partial charge in [0.15, 0.2) is 0 Å². The van der Waals surface area contributed by atoms with E-state index in [1.807, 2.05) is 36.6 Å². The maximum absolute atomic E-state index is 13.3. The smallest absolute Gasteiger partial charge is 0.263 e. The highest BCUT2D eigenvalue weighted by Crippen LogP contribution is 2.35. The normalized spacial score (nSPS) is 21.6. The van der Waals surface area contributed by atoms with Crippen LogP contribution in [0.2, 0.25) is 0 Å². The molecule has 1 amide bonds. The number of rotatable bonds is 3. The van der Waals surface area contributed by atoms with E-state index in [0.29, 0.717) is 17.3 Å². The molecule has 0 bridgehead atoms. The Bertz CT molecular complexity index is 1130. The molecule has 0 spiro atoms. The van der Waals surface area contributed by atoms with Crippen LogP contribution in [0.3, 0.4) is 0 Å². The predicted octanol–water partition coefficient (Wildman–Crippen LogP) is 4.61. The first kappa shape index (κ1) is 19.5. The second-order valence-electron chi connectivity index (χ2n) is 8.71. The SMILES string of the molecule is Cc1ccc(-c2csc3ncn(CC(=O)N4CCC[C@H]5CCCC[C@H]54)c(=O)c23)cc1. The van der Waals surface area contributed by atoms with E-state index in [2.05, 4.69) is 9.88 Å². The molecule has 2 atom stereocenters. The average molecular weight is 422 g/mol. The molecule has 0 unspecified atom stereocenters. The van der Waals surface area contributed by atoms with Gasteiger partial charge < -0.3 is 4.90 Å². The number of carbonyl (C=O) groups is 1. The van der Waals surface area contributed by atoms with Crippen LogP contribution >= 0.6 is 11.3 Å². The fourth-order valence-corrected chi connectivity index (χ4v) is 6.10. The Morgan fingerprint density at radius 2 is 1.90 bits per heavy atom.